The Labute approximate surface area is 301 Å². The molecule has 0 radical (unpaired) electrons. The number of fused-ring (bicyclic) bond motifs is 1. The Balaban J connectivity index is 1.61. The molecule has 12 heteroatoms. The summed E-state index contributed by atoms with van der Waals surface area (Å²) < 4.78 is 37.5. The van der Waals surface area contributed by atoms with Crippen molar-refractivity contribution >= 4 is 29.8 Å². The molecule has 0 aromatic heterocycles. The number of rotatable bonds is 8. The quantitative estimate of drug-likeness (QED) is 0.250. The van der Waals surface area contributed by atoms with E-state index in [2.05, 4.69) is 0 Å². The van der Waals surface area contributed by atoms with Crippen LogP contribution >= 0.6 is 0 Å². The molecular weight excluding hydrogens is 672 g/mol. The van der Waals surface area contributed by atoms with Gasteiger partial charge in [-0.15, -0.1) is 0 Å². The fourth-order valence-corrected chi connectivity index (χ4v) is 8.52. The number of hydrogen-bond donors (Lipinski definition) is 1. The van der Waals surface area contributed by atoms with E-state index in [0.717, 1.165) is 13.8 Å². The summed E-state index contributed by atoms with van der Waals surface area (Å²) in [5.74, 6) is -4.78. The van der Waals surface area contributed by atoms with Crippen molar-refractivity contribution in [2.45, 2.75) is 95.3 Å². The SMILES string of the molecule is CC(=O)O[C@H]1[C@H](OC(=O)c2ccccc2)[C@@]2(C)[C@@H](OC(=O)c3ccccc3)[C@@H](OC(=O)c3ccccc3)[C@@H]3C[C@]2(OC3(C)C)[C@](C)(O)[C@H]1OC(C)=O. The van der Waals surface area contributed by atoms with Crippen molar-refractivity contribution in [2.75, 3.05) is 0 Å². The van der Waals surface area contributed by atoms with Crippen molar-refractivity contribution in [1.29, 1.82) is 0 Å². The summed E-state index contributed by atoms with van der Waals surface area (Å²) in [4.78, 5) is 67.4. The smallest absolute Gasteiger partial charge is 0.338 e. The van der Waals surface area contributed by atoms with Gasteiger partial charge in [-0.25, -0.2) is 14.4 Å². The molecule has 1 saturated heterocycles. The summed E-state index contributed by atoms with van der Waals surface area (Å²) in [6, 6.07) is 24.4. The Morgan fingerprint density at radius 1 is 0.577 bits per heavy atom. The molecule has 1 spiro atoms. The molecule has 1 heterocycles. The van der Waals surface area contributed by atoms with Crippen LogP contribution in [0.15, 0.2) is 91.0 Å². The van der Waals surface area contributed by atoms with E-state index in [1.165, 1.54) is 19.1 Å². The maximum Gasteiger partial charge on any atom is 0.338 e. The third kappa shape index (κ3) is 6.03. The van der Waals surface area contributed by atoms with E-state index in [1.54, 1.807) is 99.6 Å². The van der Waals surface area contributed by atoms with Gasteiger partial charge in [-0.2, -0.15) is 0 Å². The highest BCUT2D eigenvalue weighted by Gasteiger charge is 2.85. The number of carbonyl (C=O) groups is 5. The van der Waals surface area contributed by atoms with Gasteiger partial charge in [-0.1, -0.05) is 54.6 Å². The summed E-state index contributed by atoms with van der Waals surface area (Å²) in [5, 5.41) is 12.8. The Morgan fingerprint density at radius 2 is 0.981 bits per heavy atom. The number of esters is 5. The molecule has 1 N–H and O–H groups in total. The Hall–Kier alpha value is -5.07. The van der Waals surface area contributed by atoms with Crippen LogP contribution in [-0.4, -0.2) is 82.3 Å². The summed E-state index contributed by atoms with van der Waals surface area (Å²) in [6.07, 6.45) is -7.74. The lowest BCUT2D eigenvalue weighted by molar-refractivity contribution is -0.356. The minimum Gasteiger partial charge on any atom is -0.455 e. The molecule has 2 aliphatic carbocycles. The Morgan fingerprint density at radius 3 is 1.40 bits per heavy atom. The molecular formula is C40H42O12. The van der Waals surface area contributed by atoms with Crippen molar-refractivity contribution in [1.82, 2.24) is 0 Å². The van der Waals surface area contributed by atoms with Gasteiger partial charge in [-0.05, 0) is 70.5 Å². The number of carbonyl (C=O) groups excluding carboxylic acids is 5. The van der Waals surface area contributed by atoms with Gasteiger partial charge in [0, 0.05) is 19.8 Å². The molecule has 12 nitrogen and oxygen atoms in total. The van der Waals surface area contributed by atoms with Gasteiger partial charge < -0.3 is 33.5 Å². The standard InChI is InChI=1S/C40H42O12/c1-23(41)47-30-32(51-36(45)27-20-14-9-15-21-27)38(5)31(50-35(44)26-18-12-8-13-19-26)29(49-34(43)25-16-10-7-11-17-25)28-22-40(38,52-37(28,3)4)39(6,46)33(30)48-24(2)42/h7-21,28-33,46H,22H2,1-6H3/t28-,29-,30-,31-,32-,33-,38+,39+,40+/m0/s1. The molecule has 2 saturated carbocycles. The molecule has 3 fully saturated rings. The molecule has 9 atom stereocenters. The van der Waals surface area contributed by atoms with Crippen LogP contribution in [0, 0.1) is 11.3 Å². The van der Waals surface area contributed by atoms with Gasteiger partial charge in [0.25, 0.3) is 0 Å². The highest BCUT2D eigenvalue weighted by Crippen LogP contribution is 2.69. The second kappa shape index (κ2) is 13.5. The van der Waals surface area contributed by atoms with E-state index in [9.17, 15) is 29.1 Å². The van der Waals surface area contributed by atoms with Crippen molar-refractivity contribution in [3.05, 3.63) is 108 Å². The molecule has 6 rings (SSSR count). The van der Waals surface area contributed by atoms with E-state index in [0.29, 0.717) is 0 Å². The molecule has 0 unspecified atom stereocenters. The first-order chi connectivity index (χ1) is 24.5. The van der Waals surface area contributed by atoms with Crippen molar-refractivity contribution in [3.8, 4) is 0 Å². The maximum absolute atomic E-state index is 14.1. The Kier molecular flexibility index (Phi) is 9.52. The fraction of sp³-hybridized carbons (Fsp3) is 0.425. The molecule has 274 valence electrons. The zero-order valence-electron chi connectivity index (χ0n) is 29.8. The highest BCUT2D eigenvalue weighted by molar-refractivity contribution is 5.91. The van der Waals surface area contributed by atoms with Crippen LogP contribution in [0.25, 0.3) is 0 Å². The van der Waals surface area contributed by atoms with Crippen molar-refractivity contribution in [3.63, 3.8) is 0 Å². The second-order valence-corrected chi connectivity index (χ2v) is 14.5. The lowest BCUT2D eigenvalue weighted by Gasteiger charge is -2.66. The lowest BCUT2D eigenvalue weighted by Crippen LogP contribution is -2.84. The average molecular weight is 715 g/mol. The minimum absolute atomic E-state index is 0.0421. The van der Waals surface area contributed by atoms with Gasteiger partial charge in [0.05, 0.1) is 27.7 Å². The van der Waals surface area contributed by atoms with Crippen LogP contribution in [0.5, 0.6) is 0 Å². The van der Waals surface area contributed by atoms with E-state index >= 15 is 0 Å². The number of aliphatic hydroxyl groups is 1. The molecule has 0 amide bonds. The summed E-state index contributed by atoms with van der Waals surface area (Å²) >= 11 is 0. The zero-order valence-corrected chi connectivity index (χ0v) is 29.8. The van der Waals surface area contributed by atoms with E-state index in [4.69, 9.17) is 28.4 Å². The first-order valence-corrected chi connectivity index (χ1v) is 17.1. The fourth-order valence-electron chi connectivity index (χ4n) is 8.52. The van der Waals surface area contributed by atoms with E-state index < -0.39 is 88.5 Å². The van der Waals surface area contributed by atoms with Gasteiger partial charge in [0.15, 0.2) is 24.4 Å². The average Bonchev–Trinajstić information content (AvgIpc) is 3.39. The van der Waals surface area contributed by atoms with Gasteiger partial charge in [0.2, 0.25) is 0 Å². The topological polar surface area (TPSA) is 161 Å². The molecule has 3 aromatic rings. The second-order valence-electron chi connectivity index (χ2n) is 14.5. The van der Waals surface area contributed by atoms with Crippen LogP contribution in [0.2, 0.25) is 0 Å². The predicted octanol–water partition coefficient (Wildman–Crippen LogP) is 4.87. The zero-order chi connectivity index (χ0) is 37.6. The Bertz CT molecular complexity index is 1840. The van der Waals surface area contributed by atoms with Gasteiger partial charge in [0.1, 0.15) is 17.3 Å². The third-order valence-corrected chi connectivity index (χ3v) is 10.9. The summed E-state index contributed by atoms with van der Waals surface area (Å²) in [6.45, 7) is 8.70. The molecule has 52 heavy (non-hydrogen) atoms. The lowest BCUT2D eigenvalue weighted by atomic mass is 9.46. The van der Waals surface area contributed by atoms with Crippen LogP contribution in [-0.2, 0) is 38.0 Å². The van der Waals surface area contributed by atoms with Gasteiger partial charge >= 0.3 is 29.8 Å². The molecule has 1 aliphatic heterocycles. The largest absolute Gasteiger partial charge is 0.455 e. The summed E-state index contributed by atoms with van der Waals surface area (Å²) in [7, 11) is 0. The molecule has 3 aromatic carbocycles. The van der Waals surface area contributed by atoms with E-state index in [1.807, 2.05) is 0 Å². The first kappa shape index (κ1) is 36.7. The molecule has 3 aliphatic rings. The number of ether oxygens (including phenoxy) is 6. The minimum atomic E-state index is -2.19. The van der Waals surface area contributed by atoms with Crippen LogP contribution in [0.3, 0.4) is 0 Å². The number of benzene rings is 3. The first-order valence-electron chi connectivity index (χ1n) is 17.1. The number of hydrogen-bond acceptors (Lipinski definition) is 12. The highest BCUT2D eigenvalue weighted by atomic mass is 16.6. The van der Waals surface area contributed by atoms with Crippen LogP contribution < -0.4 is 0 Å². The summed E-state index contributed by atoms with van der Waals surface area (Å²) in [5.41, 5.74) is -6.57. The third-order valence-electron chi connectivity index (χ3n) is 10.9. The van der Waals surface area contributed by atoms with Crippen molar-refractivity contribution in [2.24, 2.45) is 11.3 Å². The predicted molar refractivity (Wildman–Crippen MR) is 183 cm³/mol. The maximum atomic E-state index is 14.1. The van der Waals surface area contributed by atoms with Gasteiger partial charge in [-0.3, -0.25) is 9.59 Å². The molecule has 2 bridgehead atoms. The van der Waals surface area contributed by atoms with Crippen LogP contribution in [0.4, 0.5) is 0 Å². The van der Waals surface area contributed by atoms with E-state index in [-0.39, 0.29) is 23.1 Å². The normalized spacial score (nSPS) is 32.8. The monoisotopic (exact) mass is 714 g/mol. The van der Waals surface area contributed by atoms with Crippen LogP contribution in [0.1, 0.15) is 79.0 Å². The van der Waals surface area contributed by atoms with Crippen molar-refractivity contribution < 1.29 is 57.5 Å².